The molecule has 10 heteroatoms. The molecule has 5 N–H and O–H groups in total. The predicted octanol–water partition coefficient (Wildman–Crippen LogP) is 1.18. The van der Waals surface area contributed by atoms with Gasteiger partial charge in [0.25, 0.3) is 17.4 Å². The third-order valence-electron chi connectivity index (χ3n) is 5.97. The van der Waals surface area contributed by atoms with Gasteiger partial charge in [-0.25, -0.2) is 0 Å². The first-order valence-corrected chi connectivity index (χ1v) is 10.8. The zero-order valence-corrected chi connectivity index (χ0v) is 17.4. The van der Waals surface area contributed by atoms with Crippen molar-refractivity contribution in [3.05, 3.63) is 21.5 Å². The number of carboxylic acid groups (broad SMARTS) is 1. The van der Waals surface area contributed by atoms with Gasteiger partial charge in [-0.3, -0.25) is 23.7 Å². The number of amides is 2. The monoisotopic (exact) mass is 435 g/mol. The Kier molecular flexibility index (Phi) is 7.19. The number of pyridine rings is 1. The van der Waals surface area contributed by atoms with Gasteiger partial charge in [-0.15, -0.1) is 0 Å². The highest BCUT2D eigenvalue weighted by molar-refractivity contribution is 6.05. The molecule has 31 heavy (non-hydrogen) atoms. The molecule has 1 aromatic heterocycles. The van der Waals surface area contributed by atoms with Crippen molar-refractivity contribution in [2.24, 2.45) is 11.8 Å². The first-order chi connectivity index (χ1) is 14.8. The summed E-state index contributed by atoms with van der Waals surface area (Å²) in [4.78, 5) is 48.9. The minimum absolute atomic E-state index is 0.0857. The zero-order valence-electron chi connectivity index (χ0n) is 17.4. The quantitative estimate of drug-likeness (QED) is 0.390. The molecule has 2 amide bonds. The van der Waals surface area contributed by atoms with Gasteiger partial charge < -0.3 is 26.0 Å². The van der Waals surface area contributed by atoms with Gasteiger partial charge in [-0.2, -0.15) is 0 Å². The maximum Gasteiger partial charge on any atom is 0.322 e. The van der Waals surface area contributed by atoms with E-state index in [-0.39, 0.29) is 12.5 Å². The van der Waals surface area contributed by atoms with Crippen molar-refractivity contribution in [2.45, 2.75) is 57.9 Å². The van der Waals surface area contributed by atoms with Crippen molar-refractivity contribution in [3.8, 4) is 11.6 Å². The summed E-state index contributed by atoms with van der Waals surface area (Å²) in [6.07, 6.45) is 7.72. The third kappa shape index (κ3) is 5.56. The number of hydrogen-bond acceptors (Lipinski definition) is 6. The lowest BCUT2D eigenvalue weighted by Gasteiger charge is -2.24. The molecule has 1 aromatic rings. The fourth-order valence-corrected chi connectivity index (χ4v) is 4.04. The minimum Gasteiger partial charge on any atom is -0.506 e. The van der Waals surface area contributed by atoms with Crippen LogP contribution in [0.4, 0.5) is 0 Å². The van der Waals surface area contributed by atoms with Crippen molar-refractivity contribution >= 4 is 17.8 Å². The van der Waals surface area contributed by atoms with E-state index in [4.69, 9.17) is 5.11 Å². The average Bonchev–Trinajstić information content (AvgIpc) is 3.55. The fraction of sp³-hybridized carbons (Fsp3) is 0.619. The maximum atomic E-state index is 13.0. The van der Waals surface area contributed by atoms with Crippen LogP contribution in [-0.4, -0.2) is 50.8 Å². The first kappa shape index (κ1) is 22.6. The first-order valence-electron chi connectivity index (χ1n) is 10.8. The van der Waals surface area contributed by atoms with E-state index in [1.54, 1.807) is 0 Å². The van der Waals surface area contributed by atoms with E-state index in [2.05, 4.69) is 5.32 Å². The summed E-state index contributed by atoms with van der Waals surface area (Å²) in [7, 11) is 0. The van der Waals surface area contributed by atoms with Gasteiger partial charge >= 0.3 is 5.97 Å². The van der Waals surface area contributed by atoms with Crippen LogP contribution in [0.5, 0.6) is 11.6 Å². The van der Waals surface area contributed by atoms with Crippen LogP contribution < -0.4 is 16.2 Å². The van der Waals surface area contributed by atoms with Crippen LogP contribution in [0.2, 0.25) is 0 Å². The van der Waals surface area contributed by atoms with Crippen LogP contribution >= 0.6 is 0 Å². The molecule has 10 nitrogen and oxygen atoms in total. The Morgan fingerprint density at radius 2 is 1.55 bits per heavy atom. The molecule has 170 valence electrons. The standard InChI is InChI=1S/C21H29N3O7/c25-14(26)10-23-19(29)16-17(27)15(18(28)22-9-8-12-6-7-12)20(30)24(21(16)31)11-13-4-2-1-3-5-13/h12-13,27,30H,1-11H2,(H,22,28)(H,23,29)(H,25,26). The van der Waals surface area contributed by atoms with Crippen LogP contribution in [0.25, 0.3) is 0 Å². The molecular formula is C21H29N3O7. The molecule has 0 spiro atoms. The van der Waals surface area contributed by atoms with Gasteiger partial charge in [0, 0.05) is 13.1 Å². The van der Waals surface area contributed by atoms with Crippen molar-refractivity contribution in [1.29, 1.82) is 0 Å². The lowest BCUT2D eigenvalue weighted by atomic mass is 9.89. The average molecular weight is 435 g/mol. The van der Waals surface area contributed by atoms with E-state index in [9.17, 15) is 29.4 Å². The van der Waals surface area contributed by atoms with Crippen molar-refractivity contribution in [2.75, 3.05) is 13.1 Å². The molecule has 0 bridgehead atoms. The third-order valence-corrected chi connectivity index (χ3v) is 5.97. The van der Waals surface area contributed by atoms with Crippen LogP contribution in [-0.2, 0) is 11.3 Å². The Hall–Kier alpha value is -3.04. The topological polar surface area (TPSA) is 158 Å². The Morgan fingerprint density at radius 3 is 2.16 bits per heavy atom. The summed E-state index contributed by atoms with van der Waals surface area (Å²) in [6, 6.07) is 0. The van der Waals surface area contributed by atoms with Crippen molar-refractivity contribution in [3.63, 3.8) is 0 Å². The molecule has 3 rings (SSSR count). The number of nitrogens with zero attached hydrogens (tertiary/aromatic N) is 1. The maximum absolute atomic E-state index is 13.0. The van der Waals surface area contributed by atoms with Gasteiger partial charge in [0.2, 0.25) is 5.88 Å². The van der Waals surface area contributed by atoms with Crippen molar-refractivity contribution < 1.29 is 29.7 Å². The Balaban J connectivity index is 1.95. The molecule has 2 aliphatic rings. The van der Waals surface area contributed by atoms with E-state index >= 15 is 0 Å². The van der Waals surface area contributed by atoms with Crippen LogP contribution in [0, 0.1) is 11.8 Å². The molecule has 0 radical (unpaired) electrons. The number of hydrogen-bond donors (Lipinski definition) is 5. The van der Waals surface area contributed by atoms with E-state index < -0.39 is 52.6 Å². The minimum atomic E-state index is -1.33. The molecule has 0 unspecified atom stereocenters. The molecule has 0 atom stereocenters. The molecule has 2 aliphatic carbocycles. The molecule has 2 fully saturated rings. The summed E-state index contributed by atoms with van der Waals surface area (Å²) in [5.74, 6) is -4.23. The summed E-state index contributed by atoms with van der Waals surface area (Å²) >= 11 is 0. The van der Waals surface area contributed by atoms with Crippen LogP contribution in [0.3, 0.4) is 0 Å². The summed E-state index contributed by atoms with van der Waals surface area (Å²) in [5.41, 5.74) is -2.26. The zero-order chi connectivity index (χ0) is 22.5. The molecule has 2 saturated carbocycles. The van der Waals surface area contributed by atoms with Crippen LogP contribution in [0.15, 0.2) is 4.79 Å². The predicted molar refractivity (Wildman–Crippen MR) is 110 cm³/mol. The Morgan fingerprint density at radius 1 is 0.903 bits per heavy atom. The Labute approximate surface area is 179 Å². The number of nitrogens with one attached hydrogen (secondary N) is 2. The molecule has 0 saturated heterocycles. The number of aromatic hydroxyl groups is 2. The summed E-state index contributed by atoms with van der Waals surface area (Å²) in [5, 5.41) is 34.7. The highest BCUT2D eigenvalue weighted by Crippen LogP contribution is 2.33. The second-order valence-corrected chi connectivity index (χ2v) is 8.41. The number of rotatable bonds is 9. The number of carboxylic acids is 1. The van der Waals surface area contributed by atoms with Crippen LogP contribution in [0.1, 0.15) is 72.1 Å². The number of aliphatic carboxylic acids is 1. The lowest BCUT2D eigenvalue weighted by molar-refractivity contribution is -0.135. The van der Waals surface area contributed by atoms with Gasteiger partial charge in [-0.1, -0.05) is 32.1 Å². The lowest BCUT2D eigenvalue weighted by Crippen LogP contribution is -2.38. The van der Waals surface area contributed by atoms with E-state index in [0.29, 0.717) is 12.5 Å². The second kappa shape index (κ2) is 9.84. The van der Waals surface area contributed by atoms with Gasteiger partial charge in [0.15, 0.2) is 5.75 Å². The van der Waals surface area contributed by atoms with E-state index in [1.807, 2.05) is 5.32 Å². The van der Waals surface area contributed by atoms with Crippen molar-refractivity contribution in [1.82, 2.24) is 15.2 Å². The largest absolute Gasteiger partial charge is 0.506 e. The van der Waals surface area contributed by atoms with E-state index in [1.165, 1.54) is 0 Å². The number of carbonyl (C=O) groups excluding carboxylic acids is 2. The molecule has 0 aliphatic heterocycles. The normalized spacial score (nSPS) is 16.6. The number of carbonyl (C=O) groups is 3. The molecular weight excluding hydrogens is 406 g/mol. The summed E-state index contributed by atoms with van der Waals surface area (Å²) in [6.45, 7) is -0.318. The molecule has 1 heterocycles. The van der Waals surface area contributed by atoms with Gasteiger partial charge in [0.05, 0.1) is 0 Å². The summed E-state index contributed by atoms with van der Waals surface area (Å²) < 4.78 is 0.946. The van der Waals surface area contributed by atoms with E-state index in [0.717, 1.165) is 55.9 Å². The smallest absolute Gasteiger partial charge is 0.322 e. The van der Waals surface area contributed by atoms with Gasteiger partial charge in [0.1, 0.15) is 17.7 Å². The second-order valence-electron chi connectivity index (χ2n) is 8.41. The Bertz CT molecular complexity index is 915. The number of aromatic nitrogens is 1. The highest BCUT2D eigenvalue weighted by Gasteiger charge is 2.31. The van der Waals surface area contributed by atoms with Gasteiger partial charge in [-0.05, 0) is 31.1 Å². The molecule has 0 aromatic carbocycles. The SMILES string of the molecule is O=C(O)CNC(=O)c1c(O)c(C(=O)NCCC2CC2)c(O)n(CC2CCCCC2)c1=O. The fourth-order valence-electron chi connectivity index (χ4n) is 4.04. The highest BCUT2D eigenvalue weighted by atomic mass is 16.4.